The van der Waals surface area contributed by atoms with Crippen molar-refractivity contribution < 1.29 is 14.3 Å². The minimum atomic E-state index is -0.0298. The number of thiazole rings is 1. The largest absolute Gasteiger partial charge is 0.493 e. The molecule has 1 aliphatic carbocycles. The number of nitrogens with one attached hydrogen (secondary N) is 1. The van der Waals surface area contributed by atoms with Gasteiger partial charge < -0.3 is 14.8 Å². The van der Waals surface area contributed by atoms with Crippen LogP contribution in [0, 0.1) is 5.92 Å². The van der Waals surface area contributed by atoms with Crippen molar-refractivity contribution in [2.45, 2.75) is 25.8 Å². The molecule has 0 bridgehead atoms. The Morgan fingerprint density at radius 2 is 1.86 bits per heavy atom. The standard InChI is InChI=1S/C22H22N2O3S/c1-15(24-14-25)17-4-10-20(11-5-17)27-21-12-23-22(28-21)18-6-8-19(9-7-18)26-13-16-2-3-16/h4-12,14-16H,2-3,13H2,1H3,(H,24,25). The molecule has 1 fully saturated rings. The summed E-state index contributed by atoms with van der Waals surface area (Å²) in [5.74, 6) is 2.39. The van der Waals surface area contributed by atoms with Gasteiger partial charge in [0.25, 0.3) is 0 Å². The number of hydrogen-bond donors (Lipinski definition) is 1. The first-order valence-electron chi connectivity index (χ1n) is 9.38. The van der Waals surface area contributed by atoms with Crippen LogP contribution in [0.3, 0.4) is 0 Å². The average Bonchev–Trinajstić information content (AvgIpc) is 3.44. The molecule has 3 aromatic rings. The van der Waals surface area contributed by atoms with Gasteiger partial charge in [0.1, 0.15) is 16.5 Å². The van der Waals surface area contributed by atoms with Gasteiger partial charge in [-0.2, -0.15) is 0 Å². The quantitative estimate of drug-likeness (QED) is 0.507. The highest BCUT2D eigenvalue weighted by atomic mass is 32.1. The van der Waals surface area contributed by atoms with E-state index in [1.807, 2.05) is 55.5 Å². The topological polar surface area (TPSA) is 60.5 Å². The lowest BCUT2D eigenvalue weighted by atomic mass is 10.1. The Morgan fingerprint density at radius 3 is 2.54 bits per heavy atom. The van der Waals surface area contributed by atoms with Crippen LogP contribution >= 0.6 is 11.3 Å². The number of carbonyl (C=O) groups excluding carboxylic acids is 1. The lowest BCUT2D eigenvalue weighted by molar-refractivity contribution is -0.110. The van der Waals surface area contributed by atoms with Gasteiger partial charge in [0.05, 0.1) is 18.8 Å². The number of nitrogens with zero attached hydrogens (tertiary/aromatic N) is 1. The van der Waals surface area contributed by atoms with E-state index in [0.717, 1.165) is 45.2 Å². The van der Waals surface area contributed by atoms with Gasteiger partial charge in [0, 0.05) is 5.56 Å². The van der Waals surface area contributed by atoms with Gasteiger partial charge in [-0.1, -0.05) is 23.5 Å². The van der Waals surface area contributed by atoms with E-state index in [9.17, 15) is 4.79 Å². The fourth-order valence-corrected chi connectivity index (χ4v) is 3.56. The number of ether oxygens (including phenoxy) is 2. The average molecular weight is 394 g/mol. The number of rotatable bonds is 9. The molecule has 0 spiro atoms. The van der Waals surface area contributed by atoms with Gasteiger partial charge in [0.15, 0.2) is 0 Å². The maximum atomic E-state index is 10.5. The number of hydrogen-bond acceptors (Lipinski definition) is 5. The SMILES string of the molecule is CC(NC=O)c1ccc(Oc2cnc(-c3ccc(OCC4CC4)cc3)s2)cc1. The zero-order valence-corrected chi connectivity index (χ0v) is 16.4. The van der Waals surface area contributed by atoms with Crippen LogP contribution < -0.4 is 14.8 Å². The zero-order chi connectivity index (χ0) is 19.3. The van der Waals surface area contributed by atoms with Crippen molar-refractivity contribution in [3.63, 3.8) is 0 Å². The van der Waals surface area contributed by atoms with E-state index in [0.29, 0.717) is 6.41 Å². The molecule has 2 aromatic carbocycles. The second kappa shape index (κ2) is 8.44. The third kappa shape index (κ3) is 4.70. The van der Waals surface area contributed by atoms with E-state index < -0.39 is 0 Å². The fraction of sp³-hybridized carbons (Fsp3) is 0.273. The molecule has 1 amide bonds. The van der Waals surface area contributed by atoms with E-state index in [1.54, 1.807) is 6.20 Å². The predicted octanol–water partition coefficient (Wildman–Crippen LogP) is 5.20. The van der Waals surface area contributed by atoms with Gasteiger partial charge in [-0.05, 0) is 67.6 Å². The van der Waals surface area contributed by atoms with Crippen LogP contribution in [0.25, 0.3) is 10.6 Å². The van der Waals surface area contributed by atoms with Gasteiger partial charge in [-0.15, -0.1) is 0 Å². The first-order chi connectivity index (χ1) is 13.7. The summed E-state index contributed by atoms with van der Waals surface area (Å²) >= 11 is 1.50. The van der Waals surface area contributed by atoms with Crippen LogP contribution in [0.4, 0.5) is 0 Å². The van der Waals surface area contributed by atoms with Crippen LogP contribution in [0.5, 0.6) is 16.6 Å². The lowest BCUT2D eigenvalue weighted by Gasteiger charge is -2.11. The summed E-state index contributed by atoms with van der Waals surface area (Å²) in [7, 11) is 0. The Morgan fingerprint density at radius 1 is 1.14 bits per heavy atom. The van der Waals surface area contributed by atoms with Crippen molar-refractivity contribution in [1.82, 2.24) is 10.3 Å². The van der Waals surface area contributed by atoms with Crippen LogP contribution in [0.2, 0.25) is 0 Å². The molecule has 0 saturated heterocycles. The first kappa shape index (κ1) is 18.5. The van der Waals surface area contributed by atoms with Crippen molar-refractivity contribution in [2.24, 2.45) is 5.92 Å². The van der Waals surface area contributed by atoms with Crippen molar-refractivity contribution in [3.05, 3.63) is 60.3 Å². The minimum Gasteiger partial charge on any atom is -0.493 e. The monoisotopic (exact) mass is 394 g/mol. The minimum absolute atomic E-state index is 0.0298. The van der Waals surface area contributed by atoms with Crippen LogP contribution in [-0.2, 0) is 4.79 Å². The molecule has 144 valence electrons. The lowest BCUT2D eigenvalue weighted by Crippen LogP contribution is -2.15. The predicted molar refractivity (Wildman–Crippen MR) is 110 cm³/mol. The molecular weight excluding hydrogens is 372 g/mol. The van der Waals surface area contributed by atoms with Gasteiger partial charge >= 0.3 is 0 Å². The number of amides is 1. The highest BCUT2D eigenvalue weighted by molar-refractivity contribution is 7.16. The van der Waals surface area contributed by atoms with E-state index >= 15 is 0 Å². The molecule has 1 heterocycles. The fourth-order valence-electron chi connectivity index (χ4n) is 2.77. The third-order valence-electron chi connectivity index (χ3n) is 4.68. The Balaban J connectivity index is 1.37. The van der Waals surface area contributed by atoms with E-state index in [1.165, 1.54) is 24.2 Å². The molecular formula is C22H22N2O3S. The Kier molecular flexibility index (Phi) is 5.58. The number of carbonyl (C=O) groups is 1. The summed E-state index contributed by atoms with van der Waals surface area (Å²) in [5, 5.41) is 4.37. The van der Waals surface area contributed by atoms with Crippen LogP contribution in [0.1, 0.15) is 31.4 Å². The Labute approximate surface area is 168 Å². The third-order valence-corrected chi connectivity index (χ3v) is 5.61. The molecule has 1 aliphatic rings. The van der Waals surface area contributed by atoms with Crippen molar-refractivity contribution >= 4 is 17.7 Å². The van der Waals surface area contributed by atoms with Crippen molar-refractivity contribution in [3.8, 4) is 27.1 Å². The highest BCUT2D eigenvalue weighted by Crippen LogP contribution is 2.34. The molecule has 1 N–H and O–H groups in total. The van der Waals surface area contributed by atoms with E-state index in [2.05, 4.69) is 10.3 Å². The van der Waals surface area contributed by atoms with E-state index in [4.69, 9.17) is 9.47 Å². The molecule has 1 unspecified atom stereocenters. The highest BCUT2D eigenvalue weighted by Gasteiger charge is 2.21. The Bertz CT molecular complexity index is 918. The molecule has 0 radical (unpaired) electrons. The number of aromatic nitrogens is 1. The summed E-state index contributed by atoms with van der Waals surface area (Å²) in [4.78, 5) is 15.0. The molecule has 28 heavy (non-hydrogen) atoms. The van der Waals surface area contributed by atoms with Crippen molar-refractivity contribution in [2.75, 3.05) is 6.61 Å². The summed E-state index contributed by atoms with van der Waals surface area (Å²) in [5.41, 5.74) is 2.07. The molecule has 5 nitrogen and oxygen atoms in total. The maximum Gasteiger partial charge on any atom is 0.207 e. The maximum absolute atomic E-state index is 10.5. The van der Waals surface area contributed by atoms with Crippen LogP contribution in [0.15, 0.2) is 54.7 Å². The molecule has 4 rings (SSSR count). The van der Waals surface area contributed by atoms with Crippen molar-refractivity contribution in [1.29, 1.82) is 0 Å². The normalized spacial score (nSPS) is 14.3. The van der Waals surface area contributed by atoms with Gasteiger partial charge in [-0.3, -0.25) is 4.79 Å². The smallest absolute Gasteiger partial charge is 0.207 e. The second-order valence-electron chi connectivity index (χ2n) is 6.94. The molecule has 6 heteroatoms. The summed E-state index contributed by atoms with van der Waals surface area (Å²) in [6.45, 7) is 2.75. The first-order valence-corrected chi connectivity index (χ1v) is 10.2. The zero-order valence-electron chi connectivity index (χ0n) is 15.6. The molecule has 1 aromatic heterocycles. The molecule has 1 saturated carbocycles. The van der Waals surface area contributed by atoms with Gasteiger partial charge in [-0.25, -0.2) is 4.98 Å². The summed E-state index contributed by atoms with van der Waals surface area (Å²) < 4.78 is 11.7. The van der Waals surface area contributed by atoms with Gasteiger partial charge in [0.2, 0.25) is 11.5 Å². The molecule has 1 atom stereocenters. The number of benzene rings is 2. The molecule has 0 aliphatic heterocycles. The summed E-state index contributed by atoms with van der Waals surface area (Å²) in [6.07, 6.45) is 5.02. The second-order valence-corrected chi connectivity index (χ2v) is 7.93. The van der Waals surface area contributed by atoms with Crippen LogP contribution in [-0.4, -0.2) is 18.0 Å². The van der Waals surface area contributed by atoms with E-state index in [-0.39, 0.29) is 6.04 Å². The summed E-state index contributed by atoms with van der Waals surface area (Å²) in [6, 6.07) is 15.7. The Hall–Kier alpha value is -2.86.